The molecule has 1 aliphatic carbocycles. The maximum atomic E-state index is 3.78. The molecule has 1 N–H and O–H groups in total. The Hall–Kier alpha value is -0.0800. The van der Waals surface area contributed by atoms with Crippen LogP contribution >= 0.6 is 0 Å². The van der Waals surface area contributed by atoms with E-state index in [0.29, 0.717) is 5.41 Å². The Morgan fingerprint density at radius 1 is 1.20 bits per heavy atom. The van der Waals surface area contributed by atoms with Gasteiger partial charge in [-0.1, -0.05) is 33.6 Å². The van der Waals surface area contributed by atoms with E-state index in [9.17, 15) is 0 Å². The van der Waals surface area contributed by atoms with Gasteiger partial charge in [0.25, 0.3) is 0 Å². The third kappa shape index (κ3) is 4.46. The van der Waals surface area contributed by atoms with E-state index < -0.39 is 0 Å². The molecule has 3 atom stereocenters. The van der Waals surface area contributed by atoms with Crippen molar-refractivity contribution in [2.45, 2.75) is 72.3 Å². The maximum absolute atomic E-state index is 3.78. The van der Waals surface area contributed by atoms with Gasteiger partial charge in [-0.3, -0.25) is 0 Å². The van der Waals surface area contributed by atoms with E-state index in [1.54, 1.807) is 0 Å². The molecule has 2 nitrogen and oxygen atoms in total. The van der Waals surface area contributed by atoms with Crippen LogP contribution in [0.15, 0.2) is 0 Å². The first-order valence-electron chi connectivity index (χ1n) is 8.95. The van der Waals surface area contributed by atoms with E-state index in [-0.39, 0.29) is 0 Å². The highest BCUT2D eigenvalue weighted by molar-refractivity contribution is 4.92. The normalized spacial score (nSPS) is 35.9. The second kappa shape index (κ2) is 7.26. The second-order valence-electron chi connectivity index (χ2n) is 8.19. The van der Waals surface area contributed by atoms with Crippen LogP contribution in [0.2, 0.25) is 0 Å². The zero-order chi connectivity index (χ0) is 14.6. The fourth-order valence-corrected chi connectivity index (χ4v) is 4.41. The largest absolute Gasteiger partial charge is 0.316 e. The van der Waals surface area contributed by atoms with Crippen LogP contribution in [0.4, 0.5) is 0 Å². The highest BCUT2D eigenvalue weighted by Crippen LogP contribution is 2.40. The smallest absolute Gasteiger partial charge is 0.00676 e. The molecule has 0 bridgehead atoms. The highest BCUT2D eigenvalue weighted by atomic mass is 15.2. The van der Waals surface area contributed by atoms with Gasteiger partial charge in [0.2, 0.25) is 0 Å². The van der Waals surface area contributed by atoms with Crippen molar-refractivity contribution >= 4 is 0 Å². The Labute approximate surface area is 126 Å². The zero-order valence-electron chi connectivity index (χ0n) is 14.3. The van der Waals surface area contributed by atoms with Crippen LogP contribution in [-0.2, 0) is 0 Å². The minimum absolute atomic E-state index is 0.547. The quantitative estimate of drug-likeness (QED) is 0.793. The van der Waals surface area contributed by atoms with Crippen molar-refractivity contribution in [1.29, 1.82) is 0 Å². The summed E-state index contributed by atoms with van der Waals surface area (Å²) in [7, 11) is 0. The Bertz CT molecular complexity index is 289. The van der Waals surface area contributed by atoms with Crippen LogP contribution < -0.4 is 5.32 Å². The van der Waals surface area contributed by atoms with E-state index in [0.717, 1.165) is 17.9 Å². The molecule has 0 spiro atoms. The summed E-state index contributed by atoms with van der Waals surface area (Å²) >= 11 is 0. The van der Waals surface area contributed by atoms with Crippen molar-refractivity contribution < 1.29 is 0 Å². The average molecular weight is 280 g/mol. The molecule has 1 aliphatic heterocycles. The molecule has 2 fully saturated rings. The van der Waals surface area contributed by atoms with Gasteiger partial charge in [-0.25, -0.2) is 0 Å². The first-order chi connectivity index (χ1) is 9.51. The summed E-state index contributed by atoms with van der Waals surface area (Å²) in [6.07, 6.45) is 8.57. The first-order valence-corrected chi connectivity index (χ1v) is 8.95. The maximum Gasteiger partial charge on any atom is 0.00676 e. The Kier molecular flexibility index (Phi) is 5.92. The van der Waals surface area contributed by atoms with Crippen molar-refractivity contribution in [3.63, 3.8) is 0 Å². The third-order valence-corrected chi connectivity index (χ3v) is 5.47. The highest BCUT2D eigenvalue weighted by Gasteiger charge is 2.38. The van der Waals surface area contributed by atoms with Gasteiger partial charge in [-0.15, -0.1) is 0 Å². The summed E-state index contributed by atoms with van der Waals surface area (Å²) in [5.74, 6) is 1.68. The van der Waals surface area contributed by atoms with E-state index in [4.69, 9.17) is 0 Å². The van der Waals surface area contributed by atoms with Crippen LogP contribution in [0.3, 0.4) is 0 Å². The third-order valence-electron chi connectivity index (χ3n) is 5.47. The lowest BCUT2D eigenvalue weighted by Gasteiger charge is -2.44. The number of nitrogens with zero attached hydrogens (tertiary/aromatic N) is 1. The van der Waals surface area contributed by atoms with Crippen LogP contribution in [0, 0.1) is 17.3 Å². The van der Waals surface area contributed by atoms with Crippen molar-refractivity contribution in [2.75, 3.05) is 26.2 Å². The van der Waals surface area contributed by atoms with Gasteiger partial charge < -0.3 is 10.2 Å². The number of hydrogen-bond acceptors (Lipinski definition) is 2. The number of hydrogen-bond donors (Lipinski definition) is 1. The van der Waals surface area contributed by atoms with Crippen molar-refractivity contribution in [3.8, 4) is 0 Å². The van der Waals surface area contributed by atoms with Gasteiger partial charge in [-0.05, 0) is 62.9 Å². The molecule has 3 unspecified atom stereocenters. The molecule has 1 saturated carbocycles. The summed E-state index contributed by atoms with van der Waals surface area (Å²) in [4.78, 5) is 2.77. The molecule has 0 aromatic heterocycles. The van der Waals surface area contributed by atoms with Gasteiger partial charge in [0.15, 0.2) is 0 Å². The first kappa shape index (κ1) is 16.3. The predicted octanol–water partition coefficient (Wildman–Crippen LogP) is 3.91. The minimum Gasteiger partial charge on any atom is -0.316 e. The summed E-state index contributed by atoms with van der Waals surface area (Å²) in [5.41, 5.74) is 0.547. The molecular weight excluding hydrogens is 244 g/mol. The van der Waals surface area contributed by atoms with Gasteiger partial charge >= 0.3 is 0 Å². The van der Waals surface area contributed by atoms with E-state index in [1.807, 2.05) is 0 Å². The standard InChI is InChI=1S/C18H36N2/c1-15(2)12-19-13-18(9-5-7-16(3)11-18)14-20-10-6-8-17(20)4/h15-17,19H,5-14H2,1-4H3. The number of likely N-dealkylation sites (tertiary alicyclic amines) is 1. The molecule has 0 aromatic rings. The molecule has 0 amide bonds. The van der Waals surface area contributed by atoms with Gasteiger partial charge in [-0.2, -0.15) is 0 Å². The molecule has 0 aromatic carbocycles. The molecule has 1 saturated heterocycles. The topological polar surface area (TPSA) is 15.3 Å². The molecule has 118 valence electrons. The molecule has 2 aliphatic rings. The van der Waals surface area contributed by atoms with E-state index in [1.165, 1.54) is 64.7 Å². The summed E-state index contributed by atoms with van der Waals surface area (Å²) in [6.45, 7) is 14.6. The summed E-state index contributed by atoms with van der Waals surface area (Å²) in [6, 6.07) is 0.814. The monoisotopic (exact) mass is 280 g/mol. The lowest BCUT2D eigenvalue weighted by Crippen LogP contribution is -2.48. The van der Waals surface area contributed by atoms with Crippen molar-refractivity contribution in [2.24, 2.45) is 17.3 Å². The van der Waals surface area contributed by atoms with Gasteiger partial charge in [0, 0.05) is 19.1 Å². The Morgan fingerprint density at radius 3 is 2.60 bits per heavy atom. The van der Waals surface area contributed by atoms with Crippen LogP contribution in [0.1, 0.15) is 66.2 Å². The van der Waals surface area contributed by atoms with E-state index >= 15 is 0 Å². The average Bonchev–Trinajstić information content (AvgIpc) is 2.74. The molecule has 1 heterocycles. The van der Waals surface area contributed by atoms with Crippen LogP contribution in [-0.4, -0.2) is 37.1 Å². The molecular formula is C18H36N2. The van der Waals surface area contributed by atoms with Crippen molar-refractivity contribution in [1.82, 2.24) is 10.2 Å². The lowest BCUT2D eigenvalue weighted by atomic mass is 9.69. The Morgan fingerprint density at radius 2 is 2.00 bits per heavy atom. The predicted molar refractivity (Wildman–Crippen MR) is 88.0 cm³/mol. The minimum atomic E-state index is 0.547. The van der Waals surface area contributed by atoms with Crippen LogP contribution in [0.25, 0.3) is 0 Å². The molecule has 0 radical (unpaired) electrons. The zero-order valence-corrected chi connectivity index (χ0v) is 14.3. The number of rotatable bonds is 6. The van der Waals surface area contributed by atoms with Gasteiger partial charge in [0.05, 0.1) is 0 Å². The van der Waals surface area contributed by atoms with Crippen LogP contribution in [0.5, 0.6) is 0 Å². The van der Waals surface area contributed by atoms with Gasteiger partial charge in [0.1, 0.15) is 0 Å². The second-order valence-corrected chi connectivity index (χ2v) is 8.19. The van der Waals surface area contributed by atoms with Crippen molar-refractivity contribution in [3.05, 3.63) is 0 Å². The molecule has 2 rings (SSSR count). The summed E-state index contributed by atoms with van der Waals surface area (Å²) < 4.78 is 0. The fraction of sp³-hybridized carbons (Fsp3) is 1.00. The SMILES string of the molecule is CC(C)CNCC1(CN2CCCC2C)CCCC(C)C1. The molecule has 2 heteroatoms. The molecule has 20 heavy (non-hydrogen) atoms. The van der Waals surface area contributed by atoms with E-state index in [2.05, 4.69) is 37.9 Å². The Balaban J connectivity index is 1.95. The lowest BCUT2D eigenvalue weighted by molar-refractivity contribution is 0.0764. The number of nitrogens with one attached hydrogen (secondary N) is 1. The fourth-order valence-electron chi connectivity index (χ4n) is 4.41. The summed E-state index contributed by atoms with van der Waals surface area (Å²) in [5, 5.41) is 3.78.